The molecule has 0 atom stereocenters. The molecule has 0 saturated heterocycles. The highest BCUT2D eigenvalue weighted by Crippen LogP contribution is 2.51. The predicted molar refractivity (Wildman–Crippen MR) is 156 cm³/mol. The van der Waals surface area contributed by atoms with Crippen LogP contribution >= 0.6 is 11.8 Å². The van der Waals surface area contributed by atoms with Crippen molar-refractivity contribution >= 4 is 11.8 Å². The van der Waals surface area contributed by atoms with Gasteiger partial charge in [0.1, 0.15) is 11.5 Å². The average Bonchev–Trinajstić information content (AvgIpc) is 3.12. The normalized spacial score (nSPS) is 15.3. The van der Waals surface area contributed by atoms with Crippen LogP contribution in [0.4, 0.5) is 0 Å². The van der Waals surface area contributed by atoms with Gasteiger partial charge >= 0.3 is 0 Å². The number of benzene rings is 4. The molecule has 1 heterocycles. The van der Waals surface area contributed by atoms with Crippen LogP contribution in [0.3, 0.4) is 0 Å². The maximum absolute atomic E-state index is 6.17. The van der Waals surface area contributed by atoms with Crippen LogP contribution in [-0.4, -0.2) is 0 Å². The van der Waals surface area contributed by atoms with Gasteiger partial charge in [0.2, 0.25) is 0 Å². The molecule has 1 aliphatic heterocycles. The minimum absolute atomic E-state index is 0.0405. The molecule has 0 amide bonds. The van der Waals surface area contributed by atoms with E-state index in [1.807, 2.05) is 23.9 Å². The summed E-state index contributed by atoms with van der Waals surface area (Å²) in [7, 11) is 0. The van der Waals surface area contributed by atoms with Crippen LogP contribution in [0.5, 0.6) is 11.5 Å². The third-order valence-corrected chi connectivity index (χ3v) is 9.85. The van der Waals surface area contributed by atoms with Crippen LogP contribution < -0.4 is 4.74 Å². The van der Waals surface area contributed by atoms with E-state index in [0.29, 0.717) is 0 Å². The summed E-state index contributed by atoms with van der Waals surface area (Å²) in [6.45, 7) is 14.3. The molecule has 0 unspecified atom stereocenters. The summed E-state index contributed by atoms with van der Waals surface area (Å²) in [6, 6.07) is 31.2. The molecule has 2 aliphatic rings. The molecule has 1 aliphatic carbocycles. The van der Waals surface area contributed by atoms with E-state index in [4.69, 9.17) is 4.74 Å². The van der Waals surface area contributed by atoms with Gasteiger partial charge in [0, 0.05) is 5.41 Å². The Morgan fingerprint density at radius 1 is 0.622 bits per heavy atom. The SMILES string of the molecule is CC(C)(CCC(C)(C)c1ccc2c(c1)C(C)(C)c1ccccc1-2)c1ccc2c(c1)Sc1ccccc1O2. The molecule has 0 N–H and O–H groups in total. The fourth-order valence-electron chi connectivity index (χ4n) is 5.99. The highest BCUT2D eigenvalue weighted by Gasteiger charge is 2.36. The Morgan fingerprint density at radius 2 is 1.22 bits per heavy atom. The maximum Gasteiger partial charge on any atom is 0.141 e. The molecule has 188 valence electrons. The lowest BCUT2D eigenvalue weighted by atomic mass is 9.71. The van der Waals surface area contributed by atoms with Crippen LogP contribution in [0.25, 0.3) is 11.1 Å². The number of hydrogen-bond acceptors (Lipinski definition) is 2. The van der Waals surface area contributed by atoms with Crippen LogP contribution in [-0.2, 0) is 16.2 Å². The molecule has 0 aromatic heterocycles. The van der Waals surface area contributed by atoms with Gasteiger partial charge in [0.25, 0.3) is 0 Å². The zero-order chi connectivity index (χ0) is 26.0. The summed E-state index contributed by atoms with van der Waals surface area (Å²) >= 11 is 1.81. The van der Waals surface area contributed by atoms with Gasteiger partial charge in [-0.2, -0.15) is 0 Å². The first-order chi connectivity index (χ1) is 17.6. The molecule has 0 bridgehead atoms. The van der Waals surface area contributed by atoms with Gasteiger partial charge in [0.05, 0.1) is 9.79 Å². The van der Waals surface area contributed by atoms with Gasteiger partial charge in [-0.25, -0.2) is 0 Å². The number of rotatable bonds is 5. The van der Waals surface area contributed by atoms with E-state index < -0.39 is 0 Å². The van der Waals surface area contributed by atoms with Crippen molar-refractivity contribution in [2.24, 2.45) is 0 Å². The Balaban J connectivity index is 1.23. The van der Waals surface area contributed by atoms with Crippen LogP contribution in [0.15, 0.2) is 94.7 Å². The Morgan fingerprint density at radius 3 is 2.00 bits per heavy atom. The second-order valence-electron chi connectivity index (χ2n) is 12.5. The molecular formula is C35H36OS. The van der Waals surface area contributed by atoms with Gasteiger partial charge in [0.15, 0.2) is 0 Å². The summed E-state index contributed by atoms with van der Waals surface area (Å²) in [4.78, 5) is 2.40. The lowest BCUT2D eigenvalue weighted by molar-refractivity contribution is 0.373. The first-order valence-corrected chi connectivity index (χ1v) is 14.2. The van der Waals surface area contributed by atoms with Gasteiger partial charge in [-0.1, -0.05) is 114 Å². The fourth-order valence-corrected chi connectivity index (χ4v) is 6.98. The molecule has 6 rings (SSSR count). The molecular weight excluding hydrogens is 468 g/mol. The zero-order valence-electron chi connectivity index (χ0n) is 22.8. The topological polar surface area (TPSA) is 9.23 Å². The van der Waals surface area contributed by atoms with Crippen molar-refractivity contribution in [3.63, 3.8) is 0 Å². The molecule has 2 heteroatoms. The largest absolute Gasteiger partial charge is 0.455 e. The molecule has 0 radical (unpaired) electrons. The standard InChI is InChI=1S/C35H36OS/c1-33(2,23-15-17-26-25-11-7-8-12-27(25)35(5,6)28(26)21-23)19-20-34(3,4)24-16-18-30-32(22-24)37-31-14-10-9-13-29(31)36-30/h7-18,21-22H,19-20H2,1-6H3. The van der Waals surface area contributed by atoms with E-state index in [-0.39, 0.29) is 16.2 Å². The van der Waals surface area contributed by atoms with E-state index in [1.165, 1.54) is 43.2 Å². The Labute approximate surface area is 226 Å². The number of para-hydroxylation sites is 1. The molecule has 0 saturated carbocycles. The van der Waals surface area contributed by atoms with E-state index in [9.17, 15) is 0 Å². The van der Waals surface area contributed by atoms with E-state index in [0.717, 1.165) is 24.3 Å². The van der Waals surface area contributed by atoms with E-state index in [1.54, 1.807) is 0 Å². The van der Waals surface area contributed by atoms with Crippen LogP contribution in [0.2, 0.25) is 0 Å². The number of hydrogen-bond donors (Lipinski definition) is 0. The summed E-state index contributed by atoms with van der Waals surface area (Å²) in [5, 5.41) is 0. The summed E-state index contributed by atoms with van der Waals surface area (Å²) in [6.07, 6.45) is 2.23. The molecule has 1 nitrogen and oxygen atoms in total. The summed E-state index contributed by atoms with van der Waals surface area (Å²) in [5.74, 6) is 1.92. The molecule has 37 heavy (non-hydrogen) atoms. The van der Waals surface area contributed by atoms with Crippen molar-refractivity contribution in [2.75, 3.05) is 0 Å². The third kappa shape index (κ3) is 4.10. The first-order valence-electron chi connectivity index (χ1n) is 13.4. The lowest BCUT2D eigenvalue weighted by Crippen LogP contribution is -2.25. The highest BCUT2D eigenvalue weighted by molar-refractivity contribution is 7.99. The summed E-state index contributed by atoms with van der Waals surface area (Å²) < 4.78 is 6.17. The van der Waals surface area contributed by atoms with E-state index >= 15 is 0 Å². The second kappa shape index (κ2) is 8.53. The van der Waals surface area contributed by atoms with Gasteiger partial charge in [-0.15, -0.1) is 0 Å². The molecule has 4 aromatic carbocycles. The molecule has 0 spiro atoms. The first kappa shape index (κ1) is 24.4. The number of fused-ring (bicyclic) bond motifs is 5. The Hall–Kier alpha value is -2.97. The van der Waals surface area contributed by atoms with Gasteiger partial charge < -0.3 is 4.74 Å². The number of ether oxygens (including phenoxy) is 1. The predicted octanol–water partition coefficient (Wildman–Crippen LogP) is 10.3. The highest BCUT2D eigenvalue weighted by atomic mass is 32.2. The van der Waals surface area contributed by atoms with E-state index in [2.05, 4.69) is 114 Å². The second-order valence-corrected chi connectivity index (χ2v) is 13.6. The zero-order valence-corrected chi connectivity index (χ0v) is 23.6. The summed E-state index contributed by atoms with van der Waals surface area (Å²) in [5.41, 5.74) is 8.71. The minimum atomic E-state index is 0.0405. The van der Waals surface area contributed by atoms with Crippen molar-refractivity contribution in [3.8, 4) is 22.6 Å². The minimum Gasteiger partial charge on any atom is -0.455 e. The van der Waals surface area contributed by atoms with Gasteiger partial charge in [-0.3, -0.25) is 0 Å². The third-order valence-electron chi connectivity index (χ3n) is 8.75. The van der Waals surface area contributed by atoms with Gasteiger partial charge in [-0.05, 0) is 81.3 Å². The Bertz CT molecular complexity index is 1510. The van der Waals surface area contributed by atoms with Crippen LogP contribution in [0, 0.1) is 0 Å². The average molecular weight is 505 g/mol. The molecule has 0 fully saturated rings. The molecule has 4 aromatic rings. The lowest BCUT2D eigenvalue weighted by Gasteiger charge is -2.33. The van der Waals surface area contributed by atoms with Crippen molar-refractivity contribution in [1.29, 1.82) is 0 Å². The Kier molecular flexibility index (Phi) is 5.62. The maximum atomic E-state index is 6.17. The van der Waals surface area contributed by atoms with Crippen molar-refractivity contribution in [2.45, 2.75) is 80.4 Å². The van der Waals surface area contributed by atoms with Crippen molar-refractivity contribution < 1.29 is 4.74 Å². The smallest absolute Gasteiger partial charge is 0.141 e. The quantitative estimate of drug-likeness (QED) is 0.235. The van der Waals surface area contributed by atoms with Crippen molar-refractivity contribution in [1.82, 2.24) is 0 Å². The van der Waals surface area contributed by atoms with Crippen molar-refractivity contribution in [3.05, 3.63) is 107 Å². The monoisotopic (exact) mass is 504 g/mol. The fraction of sp³-hybridized carbons (Fsp3) is 0.314. The van der Waals surface area contributed by atoms with Crippen LogP contribution in [0.1, 0.15) is 76.6 Å².